The van der Waals surface area contributed by atoms with Gasteiger partial charge in [0.05, 0.1) is 21.2 Å². The number of para-hydroxylation sites is 1. The second-order valence-corrected chi connectivity index (χ2v) is 11.3. The average molecular weight is 581 g/mol. The molecule has 0 aliphatic rings. The highest BCUT2D eigenvalue weighted by molar-refractivity contribution is 5.95. The van der Waals surface area contributed by atoms with Crippen molar-refractivity contribution in [2.24, 2.45) is 5.73 Å². The lowest BCUT2D eigenvalue weighted by Crippen LogP contribution is -2.49. The molecular weight excluding hydrogens is 542 g/mol. The van der Waals surface area contributed by atoms with Gasteiger partial charge < -0.3 is 24.1 Å². The molecule has 2 heterocycles. The van der Waals surface area contributed by atoms with E-state index < -0.39 is 17.9 Å². The first-order chi connectivity index (χ1) is 20.7. The SMILES string of the molecule is CCCCc1cc2ccccc2c(OCC[N+](C)(C)[C@@H](C(=O)OC)c2ccc(C(N)=O)cc2-c2cc3ccccc3o2)n1. The van der Waals surface area contributed by atoms with Gasteiger partial charge in [0.15, 0.2) is 0 Å². The first-order valence-corrected chi connectivity index (χ1v) is 14.6. The van der Waals surface area contributed by atoms with Crippen LogP contribution < -0.4 is 10.5 Å². The molecule has 0 aliphatic carbocycles. The molecule has 1 amide bonds. The largest absolute Gasteiger partial charge is 0.471 e. The monoisotopic (exact) mass is 580 g/mol. The number of aromatic nitrogens is 1. The van der Waals surface area contributed by atoms with Gasteiger partial charge in [-0.15, -0.1) is 0 Å². The van der Waals surface area contributed by atoms with Crippen molar-refractivity contribution in [3.8, 4) is 17.2 Å². The van der Waals surface area contributed by atoms with Crippen LogP contribution in [0, 0.1) is 0 Å². The van der Waals surface area contributed by atoms with Gasteiger partial charge in [-0.2, -0.15) is 0 Å². The van der Waals surface area contributed by atoms with Crippen molar-refractivity contribution in [1.82, 2.24) is 4.98 Å². The molecule has 8 nitrogen and oxygen atoms in total. The molecule has 5 rings (SSSR count). The molecule has 0 aliphatic heterocycles. The zero-order chi connectivity index (χ0) is 30.6. The Balaban J connectivity index is 1.48. The van der Waals surface area contributed by atoms with E-state index in [4.69, 9.17) is 24.6 Å². The van der Waals surface area contributed by atoms with Gasteiger partial charge in [-0.25, -0.2) is 9.78 Å². The maximum Gasteiger partial charge on any atom is 0.369 e. The summed E-state index contributed by atoms with van der Waals surface area (Å²) in [6.07, 6.45) is 3.02. The summed E-state index contributed by atoms with van der Waals surface area (Å²) in [5, 5.41) is 2.95. The summed E-state index contributed by atoms with van der Waals surface area (Å²) >= 11 is 0. The number of benzene rings is 3. The van der Waals surface area contributed by atoms with Crippen LogP contribution in [0.4, 0.5) is 0 Å². The summed E-state index contributed by atoms with van der Waals surface area (Å²) in [6, 6.07) is 24.1. The summed E-state index contributed by atoms with van der Waals surface area (Å²) in [5.74, 6) is 0.137. The number of methoxy groups -OCH3 is 1. The van der Waals surface area contributed by atoms with Gasteiger partial charge in [0.1, 0.15) is 24.5 Å². The Bertz CT molecular complexity index is 1740. The number of pyridine rings is 1. The maximum atomic E-state index is 13.5. The van der Waals surface area contributed by atoms with Crippen LogP contribution in [0.3, 0.4) is 0 Å². The van der Waals surface area contributed by atoms with Crippen molar-refractivity contribution < 1.29 is 28.0 Å². The van der Waals surface area contributed by atoms with Gasteiger partial charge in [0.25, 0.3) is 0 Å². The first kappa shape index (κ1) is 29.8. The summed E-state index contributed by atoms with van der Waals surface area (Å²) < 4.78 is 18.0. The number of ether oxygens (including phenoxy) is 2. The van der Waals surface area contributed by atoms with Gasteiger partial charge >= 0.3 is 5.97 Å². The fourth-order valence-corrected chi connectivity index (χ4v) is 5.50. The standard InChI is InChI=1S/C35H37N3O5/c1-5-6-13-26-20-23-11-7-9-14-27(23)34(37-26)42-19-18-38(2,3)32(35(40)41-4)28-17-16-25(33(36)39)21-29(28)31-22-24-12-8-10-15-30(24)43-31/h7-12,14-17,20-22,32H,5-6,13,18-19H2,1-4H3,(H-,36,39)/p+1/t32-/m1/s1. The molecule has 222 valence electrons. The summed E-state index contributed by atoms with van der Waals surface area (Å²) in [5.41, 5.74) is 8.92. The fourth-order valence-electron chi connectivity index (χ4n) is 5.50. The molecule has 0 bridgehead atoms. The Labute approximate surface area is 251 Å². The number of nitrogens with two attached hydrogens (primary N) is 1. The number of rotatable bonds is 12. The number of esters is 1. The number of aryl methyl sites for hydroxylation is 1. The molecule has 43 heavy (non-hydrogen) atoms. The minimum Gasteiger partial charge on any atom is -0.471 e. The molecule has 0 radical (unpaired) electrons. The number of hydrogen-bond donors (Lipinski definition) is 1. The highest BCUT2D eigenvalue weighted by Gasteiger charge is 2.40. The van der Waals surface area contributed by atoms with Crippen LogP contribution in [-0.2, 0) is 16.0 Å². The third kappa shape index (κ3) is 6.39. The van der Waals surface area contributed by atoms with Gasteiger partial charge in [-0.05, 0) is 54.6 Å². The zero-order valence-corrected chi connectivity index (χ0v) is 25.1. The van der Waals surface area contributed by atoms with E-state index >= 15 is 0 Å². The minimum absolute atomic E-state index is 0.212. The van der Waals surface area contributed by atoms with Gasteiger partial charge in [0, 0.05) is 33.2 Å². The molecule has 0 saturated heterocycles. The molecule has 0 saturated carbocycles. The lowest BCUT2D eigenvalue weighted by molar-refractivity contribution is -0.912. The quantitative estimate of drug-likeness (QED) is 0.134. The molecule has 2 N–H and O–H groups in total. The number of unbranched alkanes of at least 4 members (excludes halogenated alkanes) is 1. The summed E-state index contributed by atoms with van der Waals surface area (Å²) in [4.78, 5) is 30.5. The third-order valence-electron chi connectivity index (χ3n) is 7.90. The number of furan rings is 1. The highest BCUT2D eigenvalue weighted by Crippen LogP contribution is 2.38. The van der Waals surface area contributed by atoms with Crippen LogP contribution in [-0.4, -0.2) is 55.7 Å². The molecule has 0 fully saturated rings. The number of hydrogen-bond acceptors (Lipinski definition) is 6. The lowest BCUT2D eigenvalue weighted by atomic mass is 9.94. The number of carbonyl (C=O) groups is 2. The van der Waals surface area contributed by atoms with Crippen molar-refractivity contribution in [1.29, 1.82) is 0 Å². The maximum absolute atomic E-state index is 13.5. The predicted octanol–water partition coefficient (Wildman–Crippen LogP) is 6.46. The second-order valence-electron chi connectivity index (χ2n) is 11.3. The van der Waals surface area contributed by atoms with Crippen LogP contribution in [0.15, 0.2) is 83.3 Å². The van der Waals surface area contributed by atoms with Crippen molar-refractivity contribution in [2.75, 3.05) is 34.4 Å². The van der Waals surface area contributed by atoms with Crippen molar-refractivity contribution in [3.05, 3.63) is 95.7 Å². The number of fused-ring (bicyclic) bond motifs is 2. The molecule has 1 atom stereocenters. The molecule has 0 spiro atoms. The van der Waals surface area contributed by atoms with E-state index in [1.807, 2.05) is 62.6 Å². The highest BCUT2D eigenvalue weighted by atomic mass is 16.5. The van der Waals surface area contributed by atoms with E-state index in [0.29, 0.717) is 47.1 Å². The van der Waals surface area contributed by atoms with Crippen molar-refractivity contribution in [3.63, 3.8) is 0 Å². The fraction of sp³-hybridized carbons (Fsp3) is 0.286. The zero-order valence-electron chi connectivity index (χ0n) is 25.1. The number of quaternary nitrogens is 1. The second kappa shape index (κ2) is 12.7. The van der Waals surface area contributed by atoms with Crippen LogP contribution in [0.5, 0.6) is 5.88 Å². The number of likely N-dealkylation sites (N-methyl/N-ethyl adjacent to an activating group) is 1. The van der Waals surface area contributed by atoms with E-state index in [-0.39, 0.29) is 4.48 Å². The molecule has 5 aromatic rings. The number of carbonyl (C=O) groups excluding carboxylic acids is 2. The smallest absolute Gasteiger partial charge is 0.369 e. The molecule has 2 aromatic heterocycles. The van der Waals surface area contributed by atoms with E-state index in [0.717, 1.165) is 41.1 Å². The molecule has 3 aromatic carbocycles. The Hall–Kier alpha value is -4.69. The van der Waals surface area contributed by atoms with Crippen LogP contribution in [0.1, 0.15) is 47.4 Å². The van der Waals surface area contributed by atoms with Crippen LogP contribution in [0.25, 0.3) is 33.1 Å². The number of nitrogens with zero attached hydrogens (tertiary/aromatic N) is 2. The normalized spacial score (nSPS) is 12.4. The topological polar surface area (TPSA) is 105 Å². The Kier molecular flexibility index (Phi) is 8.78. The third-order valence-corrected chi connectivity index (χ3v) is 7.90. The predicted molar refractivity (Wildman–Crippen MR) is 168 cm³/mol. The Morgan fingerprint density at radius 2 is 1.72 bits per heavy atom. The summed E-state index contributed by atoms with van der Waals surface area (Å²) in [6.45, 7) is 2.94. The van der Waals surface area contributed by atoms with Crippen molar-refractivity contribution >= 4 is 33.6 Å². The first-order valence-electron chi connectivity index (χ1n) is 14.6. The minimum atomic E-state index is -0.751. The van der Waals surface area contributed by atoms with Gasteiger partial charge in [0.2, 0.25) is 17.8 Å². The van der Waals surface area contributed by atoms with Crippen molar-refractivity contribution in [2.45, 2.75) is 32.2 Å². The van der Waals surface area contributed by atoms with Crippen LogP contribution >= 0.6 is 0 Å². The average Bonchev–Trinajstić information content (AvgIpc) is 3.44. The van der Waals surface area contributed by atoms with E-state index in [1.54, 1.807) is 18.2 Å². The Morgan fingerprint density at radius 3 is 2.44 bits per heavy atom. The summed E-state index contributed by atoms with van der Waals surface area (Å²) in [7, 11) is 5.29. The van der Waals surface area contributed by atoms with Gasteiger partial charge in [-0.3, -0.25) is 4.79 Å². The van der Waals surface area contributed by atoms with E-state index in [1.165, 1.54) is 7.11 Å². The number of amides is 1. The number of primary amides is 1. The van der Waals surface area contributed by atoms with Crippen LogP contribution in [0.2, 0.25) is 0 Å². The molecule has 0 unspecified atom stereocenters. The van der Waals surface area contributed by atoms with E-state index in [2.05, 4.69) is 19.1 Å². The molecule has 8 heteroatoms. The Morgan fingerprint density at radius 1 is 0.977 bits per heavy atom. The lowest BCUT2D eigenvalue weighted by Gasteiger charge is -2.37. The molecular formula is C35H38N3O5+. The van der Waals surface area contributed by atoms with Gasteiger partial charge in [-0.1, -0.05) is 55.8 Å². The van der Waals surface area contributed by atoms with E-state index in [9.17, 15) is 9.59 Å².